The number of carbonyl (C=O) groups excluding carboxylic acids is 2. The Morgan fingerprint density at radius 2 is 2.30 bits per heavy atom. The maximum absolute atomic E-state index is 12.4. The first-order valence-corrected chi connectivity index (χ1v) is 10.5. The van der Waals surface area contributed by atoms with Crippen LogP contribution in [0.3, 0.4) is 0 Å². The Morgan fingerprint density at radius 3 is 3.03 bits per heavy atom. The summed E-state index contributed by atoms with van der Waals surface area (Å²) in [6.45, 7) is 1.01. The molecule has 162 valence electrons. The van der Waals surface area contributed by atoms with Crippen LogP contribution in [0.25, 0.3) is 0 Å². The second-order valence-corrected chi connectivity index (χ2v) is 7.82. The van der Waals surface area contributed by atoms with Crippen LogP contribution in [0.4, 0.5) is 5.69 Å². The maximum Gasteiger partial charge on any atom is 0.344 e. The van der Waals surface area contributed by atoms with E-state index in [0.29, 0.717) is 29.7 Å². The first-order valence-electron chi connectivity index (χ1n) is 9.53. The minimum atomic E-state index is -0.327. The Kier molecular flexibility index (Phi) is 7.52. The number of carbonyl (C=O) groups is 2. The number of ether oxygens (including phenoxy) is 2. The number of H-pyrrole nitrogens is 1. The Hall–Kier alpha value is -2.79. The highest BCUT2D eigenvalue weighted by Crippen LogP contribution is 2.19. The van der Waals surface area contributed by atoms with Crippen molar-refractivity contribution >= 4 is 29.3 Å². The molecule has 30 heavy (non-hydrogen) atoms. The van der Waals surface area contributed by atoms with E-state index in [1.165, 1.54) is 9.47 Å². The van der Waals surface area contributed by atoms with Gasteiger partial charge in [0.2, 0.25) is 11.8 Å². The molecule has 0 aliphatic carbocycles. The molecule has 2 N–H and O–H groups in total. The number of anilines is 1. The maximum atomic E-state index is 12.4. The van der Waals surface area contributed by atoms with E-state index < -0.39 is 0 Å². The molecular formula is C19H25N5O5S. The van der Waals surface area contributed by atoms with Gasteiger partial charge in [-0.05, 0) is 25.0 Å². The van der Waals surface area contributed by atoms with Crippen molar-refractivity contribution in [3.05, 3.63) is 34.7 Å². The van der Waals surface area contributed by atoms with Gasteiger partial charge in [-0.1, -0.05) is 17.8 Å². The number of methoxy groups -OCH3 is 1. The third-order valence-corrected chi connectivity index (χ3v) is 5.58. The van der Waals surface area contributed by atoms with Crippen LogP contribution >= 0.6 is 11.8 Å². The minimum absolute atomic E-state index is 0.0154. The number of nitrogens with one attached hydrogen (secondary N) is 2. The molecule has 1 aromatic heterocycles. The number of likely N-dealkylation sites (N-methyl/N-ethyl adjacent to an activating group) is 1. The van der Waals surface area contributed by atoms with Crippen molar-refractivity contribution < 1.29 is 19.1 Å². The summed E-state index contributed by atoms with van der Waals surface area (Å²) in [6, 6.07) is 6.97. The van der Waals surface area contributed by atoms with Crippen molar-refractivity contribution in [3.8, 4) is 5.75 Å². The molecule has 1 fully saturated rings. The van der Waals surface area contributed by atoms with Crippen LogP contribution < -0.4 is 15.7 Å². The number of benzene rings is 1. The SMILES string of the molecule is COc1cccc(NC(=O)CN(C)C(=O)CSc2n[nH]c(=O)n2CC2CCCO2)c1. The number of aromatic nitrogens is 3. The zero-order chi connectivity index (χ0) is 21.5. The Labute approximate surface area is 177 Å². The molecule has 2 heterocycles. The van der Waals surface area contributed by atoms with Crippen LogP contribution in [-0.2, 0) is 20.9 Å². The highest BCUT2D eigenvalue weighted by molar-refractivity contribution is 7.99. The summed E-state index contributed by atoms with van der Waals surface area (Å²) in [7, 11) is 3.10. The van der Waals surface area contributed by atoms with Crippen LogP contribution in [0.5, 0.6) is 5.75 Å². The second-order valence-electron chi connectivity index (χ2n) is 6.88. The summed E-state index contributed by atoms with van der Waals surface area (Å²) in [6.07, 6.45) is 1.85. The minimum Gasteiger partial charge on any atom is -0.497 e. The van der Waals surface area contributed by atoms with E-state index in [9.17, 15) is 14.4 Å². The molecule has 2 aromatic rings. The van der Waals surface area contributed by atoms with E-state index in [1.54, 1.807) is 38.4 Å². The fourth-order valence-electron chi connectivity index (χ4n) is 3.01. The molecule has 0 bridgehead atoms. The Morgan fingerprint density at radius 1 is 1.47 bits per heavy atom. The topological polar surface area (TPSA) is 119 Å². The average Bonchev–Trinajstić information content (AvgIpc) is 3.37. The summed E-state index contributed by atoms with van der Waals surface area (Å²) < 4.78 is 12.2. The van der Waals surface area contributed by atoms with Gasteiger partial charge >= 0.3 is 5.69 Å². The molecular weight excluding hydrogens is 410 g/mol. The third kappa shape index (κ3) is 5.86. The van der Waals surface area contributed by atoms with Crippen LogP contribution in [0.2, 0.25) is 0 Å². The number of aromatic amines is 1. The van der Waals surface area contributed by atoms with E-state index in [1.807, 2.05) is 0 Å². The summed E-state index contributed by atoms with van der Waals surface area (Å²) >= 11 is 1.15. The predicted molar refractivity (Wildman–Crippen MR) is 112 cm³/mol. The monoisotopic (exact) mass is 435 g/mol. The van der Waals surface area contributed by atoms with E-state index in [2.05, 4.69) is 15.5 Å². The first-order chi connectivity index (χ1) is 14.5. The lowest BCUT2D eigenvalue weighted by molar-refractivity contribution is -0.131. The lowest BCUT2D eigenvalue weighted by Gasteiger charge is -2.17. The quantitative estimate of drug-likeness (QED) is 0.563. The molecule has 1 saturated heterocycles. The van der Waals surface area contributed by atoms with Crippen LogP contribution in [0, 0.1) is 0 Å². The molecule has 0 spiro atoms. The number of rotatable bonds is 9. The number of amides is 2. The summed E-state index contributed by atoms with van der Waals surface area (Å²) in [4.78, 5) is 38.0. The molecule has 0 saturated carbocycles. The van der Waals surface area contributed by atoms with E-state index in [0.717, 1.165) is 24.6 Å². The van der Waals surface area contributed by atoms with Crippen LogP contribution in [-0.4, -0.2) is 70.6 Å². The van der Waals surface area contributed by atoms with Gasteiger partial charge in [-0.25, -0.2) is 9.89 Å². The molecule has 3 rings (SSSR count). The van der Waals surface area contributed by atoms with Crippen molar-refractivity contribution in [1.29, 1.82) is 0 Å². The van der Waals surface area contributed by atoms with Gasteiger partial charge in [0.15, 0.2) is 5.16 Å². The van der Waals surface area contributed by atoms with Gasteiger partial charge in [-0.2, -0.15) is 0 Å². The van der Waals surface area contributed by atoms with Gasteiger partial charge in [0.1, 0.15) is 5.75 Å². The van der Waals surface area contributed by atoms with Crippen molar-refractivity contribution in [3.63, 3.8) is 0 Å². The van der Waals surface area contributed by atoms with Gasteiger partial charge in [0.05, 0.1) is 32.1 Å². The highest BCUT2D eigenvalue weighted by Gasteiger charge is 2.21. The largest absolute Gasteiger partial charge is 0.497 e. The van der Waals surface area contributed by atoms with Gasteiger partial charge in [0, 0.05) is 25.4 Å². The van der Waals surface area contributed by atoms with E-state index in [-0.39, 0.29) is 35.9 Å². The number of hydrogen-bond donors (Lipinski definition) is 2. The van der Waals surface area contributed by atoms with E-state index >= 15 is 0 Å². The summed E-state index contributed by atoms with van der Waals surface area (Å²) in [5.74, 6) is 0.111. The molecule has 1 aliphatic heterocycles. The van der Waals surface area contributed by atoms with Crippen molar-refractivity contribution in [2.45, 2.75) is 30.6 Å². The van der Waals surface area contributed by atoms with Crippen LogP contribution in [0.15, 0.2) is 34.2 Å². The molecule has 1 atom stereocenters. The van der Waals surface area contributed by atoms with Gasteiger partial charge in [0.25, 0.3) is 0 Å². The van der Waals surface area contributed by atoms with Gasteiger partial charge < -0.3 is 19.7 Å². The smallest absolute Gasteiger partial charge is 0.344 e. The third-order valence-electron chi connectivity index (χ3n) is 4.62. The molecule has 10 nitrogen and oxygen atoms in total. The fourth-order valence-corrected chi connectivity index (χ4v) is 3.90. The van der Waals surface area contributed by atoms with E-state index in [4.69, 9.17) is 9.47 Å². The molecule has 0 radical (unpaired) electrons. The lowest BCUT2D eigenvalue weighted by atomic mass is 10.2. The molecule has 1 aliphatic rings. The van der Waals surface area contributed by atoms with Crippen molar-refractivity contribution in [1.82, 2.24) is 19.7 Å². The normalized spacial score (nSPS) is 15.7. The number of hydrogen-bond acceptors (Lipinski definition) is 7. The molecule has 2 amide bonds. The van der Waals surface area contributed by atoms with Gasteiger partial charge in [-0.3, -0.25) is 14.2 Å². The second kappa shape index (κ2) is 10.3. The van der Waals surface area contributed by atoms with Crippen molar-refractivity contribution in [2.75, 3.05) is 38.4 Å². The summed E-state index contributed by atoms with van der Waals surface area (Å²) in [5.41, 5.74) is 0.260. The number of nitrogens with zero attached hydrogens (tertiary/aromatic N) is 3. The Balaban J connectivity index is 1.49. The first kappa shape index (κ1) is 21.9. The highest BCUT2D eigenvalue weighted by atomic mass is 32.2. The molecule has 1 unspecified atom stereocenters. The fraction of sp³-hybridized carbons (Fsp3) is 0.474. The standard InChI is InChI=1S/C19H25N5O5S/c1-23(11-16(25)20-13-5-3-6-14(9-13)28-2)17(26)12-30-19-22-21-18(27)24(19)10-15-7-4-8-29-15/h3,5-6,9,15H,4,7-8,10-12H2,1-2H3,(H,20,25)(H,21,27). The van der Waals surface area contributed by atoms with Gasteiger partial charge in [-0.15, -0.1) is 5.10 Å². The lowest BCUT2D eigenvalue weighted by Crippen LogP contribution is -2.36. The zero-order valence-electron chi connectivity index (χ0n) is 16.9. The van der Waals surface area contributed by atoms with Crippen molar-refractivity contribution in [2.24, 2.45) is 0 Å². The zero-order valence-corrected chi connectivity index (χ0v) is 17.7. The number of thioether (sulfide) groups is 1. The van der Waals surface area contributed by atoms with Crippen LogP contribution in [0.1, 0.15) is 12.8 Å². The average molecular weight is 436 g/mol. The molecule has 11 heteroatoms. The summed E-state index contributed by atoms with van der Waals surface area (Å²) in [5, 5.41) is 9.57. The molecule has 1 aromatic carbocycles. The Bertz CT molecular complexity index is 937. The predicted octanol–water partition coefficient (Wildman–Crippen LogP) is 0.948.